The molecule has 1 N–H and O–H groups in total. The van der Waals surface area contributed by atoms with E-state index in [1.807, 2.05) is 7.05 Å². The van der Waals surface area contributed by atoms with Gasteiger partial charge in [-0.05, 0) is 20.5 Å². The summed E-state index contributed by atoms with van der Waals surface area (Å²) in [5.41, 5.74) is 0. The first-order chi connectivity index (χ1) is 9.13. The van der Waals surface area contributed by atoms with E-state index in [9.17, 15) is 0 Å². The molecule has 0 aliphatic carbocycles. The lowest BCUT2D eigenvalue weighted by atomic mass is 10.3. The maximum absolute atomic E-state index is 5.46. The second kappa shape index (κ2) is 7.78. The molecular formula is C13H25N5O. The maximum Gasteiger partial charge on any atom is 0.204 e. The van der Waals surface area contributed by atoms with Gasteiger partial charge in [-0.25, -0.2) is 9.97 Å². The number of hydrogen-bond acceptors (Lipinski definition) is 6. The van der Waals surface area contributed by atoms with Gasteiger partial charge in [-0.3, -0.25) is 0 Å². The maximum atomic E-state index is 5.46. The molecule has 6 nitrogen and oxygen atoms in total. The Hall–Kier alpha value is -1.56. The van der Waals surface area contributed by atoms with Gasteiger partial charge in [0.15, 0.2) is 11.6 Å². The Balaban J connectivity index is 3.00. The van der Waals surface area contributed by atoms with E-state index in [4.69, 9.17) is 4.74 Å². The van der Waals surface area contributed by atoms with Gasteiger partial charge in [0, 0.05) is 26.7 Å². The van der Waals surface area contributed by atoms with Crippen LogP contribution in [-0.4, -0.2) is 62.8 Å². The molecule has 108 valence electrons. The highest BCUT2D eigenvalue weighted by Crippen LogP contribution is 2.31. The third-order valence-electron chi connectivity index (χ3n) is 2.84. The number of aromatic nitrogens is 2. The van der Waals surface area contributed by atoms with Crippen molar-refractivity contribution in [3.05, 3.63) is 6.33 Å². The van der Waals surface area contributed by atoms with Crippen LogP contribution in [0.2, 0.25) is 0 Å². The molecule has 0 aliphatic heterocycles. The van der Waals surface area contributed by atoms with Crippen LogP contribution in [0.15, 0.2) is 6.33 Å². The molecule has 1 aromatic heterocycles. The zero-order chi connectivity index (χ0) is 14.3. The van der Waals surface area contributed by atoms with E-state index in [1.54, 1.807) is 13.4 Å². The first kappa shape index (κ1) is 15.5. The normalized spacial score (nSPS) is 10.6. The highest BCUT2D eigenvalue weighted by atomic mass is 16.5. The first-order valence-corrected chi connectivity index (χ1v) is 6.60. The Labute approximate surface area is 115 Å². The van der Waals surface area contributed by atoms with Gasteiger partial charge in [-0.1, -0.05) is 6.92 Å². The molecule has 0 spiro atoms. The van der Waals surface area contributed by atoms with Gasteiger partial charge in [-0.2, -0.15) is 0 Å². The molecule has 0 amide bonds. The Morgan fingerprint density at radius 1 is 1.21 bits per heavy atom. The van der Waals surface area contributed by atoms with Crippen molar-refractivity contribution in [3.63, 3.8) is 0 Å². The molecule has 19 heavy (non-hydrogen) atoms. The number of anilines is 2. The zero-order valence-corrected chi connectivity index (χ0v) is 12.6. The van der Waals surface area contributed by atoms with Crippen molar-refractivity contribution in [2.24, 2.45) is 0 Å². The lowest BCUT2D eigenvalue weighted by Gasteiger charge is -2.26. The van der Waals surface area contributed by atoms with Crippen LogP contribution in [0, 0.1) is 0 Å². The molecule has 0 bridgehead atoms. The number of nitrogens with one attached hydrogen (secondary N) is 1. The summed E-state index contributed by atoms with van der Waals surface area (Å²) in [7, 11) is 7.62. The van der Waals surface area contributed by atoms with Crippen LogP contribution in [0.25, 0.3) is 0 Å². The number of rotatable bonds is 8. The lowest BCUT2D eigenvalue weighted by molar-refractivity contribution is 0.400. The summed E-state index contributed by atoms with van der Waals surface area (Å²) in [5.74, 6) is 2.28. The smallest absolute Gasteiger partial charge is 0.204 e. The first-order valence-electron chi connectivity index (χ1n) is 6.60. The van der Waals surface area contributed by atoms with E-state index in [2.05, 4.69) is 46.1 Å². The molecule has 0 fully saturated rings. The molecule has 0 atom stereocenters. The van der Waals surface area contributed by atoms with Crippen molar-refractivity contribution in [3.8, 4) is 5.75 Å². The van der Waals surface area contributed by atoms with Crippen molar-refractivity contribution in [2.45, 2.75) is 13.3 Å². The number of hydrogen-bond donors (Lipinski definition) is 1. The van der Waals surface area contributed by atoms with Crippen LogP contribution in [-0.2, 0) is 0 Å². The third-order valence-corrected chi connectivity index (χ3v) is 2.84. The number of methoxy groups -OCH3 is 1. The Morgan fingerprint density at radius 3 is 2.47 bits per heavy atom. The molecule has 1 rings (SSSR count). The number of ether oxygens (including phenoxy) is 1. The van der Waals surface area contributed by atoms with E-state index in [0.29, 0.717) is 5.75 Å². The molecule has 0 radical (unpaired) electrons. The van der Waals surface area contributed by atoms with Crippen molar-refractivity contribution in [2.75, 3.05) is 58.1 Å². The second-order valence-electron chi connectivity index (χ2n) is 4.62. The summed E-state index contributed by atoms with van der Waals surface area (Å²) in [6.45, 7) is 5.00. The van der Waals surface area contributed by atoms with Gasteiger partial charge in [0.25, 0.3) is 0 Å². The molecule has 0 saturated carbocycles. The Kier molecular flexibility index (Phi) is 6.35. The zero-order valence-electron chi connectivity index (χ0n) is 12.6. The van der Waals surface area contributed by atoms with Crippen molar-refractivity contribution >= 4 is 11.6 Å². The van der Waals surface area contributed by atoms with Crippen LogP contribution >= 0.6 is 0 Å². The van der Waals surface area contributed by atoms with Gasteiger partial charge in [0.2, 0.25) is 5.75 Å². The van der Waals surface area contributed by atoms with Crippen LogP contribution in [0.1, 0.15) is 13.3 Å². The summed E-state index contributed by atoms with van der Waals surface area (Å²) in [6, 6.07) is 0. The summed E-state index contributed by atoms with van der Waals surface area (Å²) in [4.78, 5) is 13.0. The molecule has 1 aromatic rings. The standard InChI is InChI=1S/C13H25N5O/c1-6-7-18(9-8-17(3)4)13-11(19-5)12(14-2)15-10-16-13/h10H,6-9H2,1-5H3,(H,14,15,16). The minimum atomic E-state index is 0.706. The quantitative estimate of drug-likeness (QED) is 0.766. The van der Waals surface area contributed by atoms with Gasteiger partial charge in [-0.15, -0.1) is 0 Å². The van der Waals surface area contributed by atoms with E-state index in [1.165, 1.54) is 0 Å². The fraction of sp³-hybridized carbons (Fsp3) is 0.692. The number of nitrogens with zero attached hydrogens (tertiary/aromatic N) is 4. The van der Waals surface area contributed by atoms with Crippen LogP contribution in [0.3, 0.4) is 0 Å². The SMILES string of the molecule is CCCN(CCN(C)C)c1ncnc(NC)c1OC. The van der Waals surface area contributed by atoms with Gasteiger partial charge < -0.3 is 19.9 Å². The third kappa shape index (κ3) is 4.24. The highest BCUT2D eigenvalue weighted by molar-refractivity contribution is 5.64. The van der Waals surface area contributed by atoms with Gasteiger partial charge >= 0.3 is 0 Å². The summed E-state index contributed by atoms with van der Waals surface area (Å²) >= 11 is 0. The van der Waals surface area contributed by atoms with Crippen LogP contribution < -0.4 is 15.0 Å². The van der Waals surface area contributed by atoms with E-state index < -0.39 is 0 Å². The summed E-state index contributed by atoms with van der Waals surface area (Å²) in [5, 5.41) is 3.04. The molecule has 0 unspecified atom stereocenters. The molecule has 0 aliphatic rings. The minimum Gasteiger partial charge on any atom is -0.490 e. The predicted molar refractivity (Wildman–Crippen MR) is 79.2 cm³/mol. The van der Waals surface area contributed by atoms with Crippen LogP contribution in [0.4, 0.5) is 11.6 Å². The molecule has 0 aromatic carbocycles. The minimum absolute atomic E-state index is 0.706. The average molecular weight is 267 g/mol. The summed E-state index contributed by atoms with van der Waals surface area (Å²) in [6.07, 6.45) is 2.64. The second-order valence-corrected chi connectivity index (χ2v) is 4.62. The Morgan fingerprint density at radius 2 is 1.95 bits per heavy atom. The largest absolute Gasteiger partial charge is 0.490 e. The van der Waals surface area contributed by atoms with E-state index in [0.717, 1.165) is 37.7 Å². The Bertz CT molecular complexity index is 383. The fourth-order valence-electron chi connectivity index (χ4n) is 1.87. The van der Waals surface area contributed by atoms with Gasteiger partial charge in [0.05, 0.1) is 7.11 Å². The molecule has 1 heterocycles. The fourth-order valence-corrected chi connectivity index (χ4v) is 1.87. The van der Waals surface area contributed by atoms with Crippen LogP contribution in [0.5, 0.6) is 5.75 Å². The predicted octanol–water partition coefficient (Wildman–Crippen LogP) is 1.30. The molecular weight excluding hydrogens is 242 g/mol. The van der Waals surface area contributed by atoms with Crippen molar-refractivity contribution in [1.29, 1.82) is 0 Å². The molecule has 6 heteroatoms. The average Bonchev–Trinajstić information content (AvgIpc) is 2.42. The van der Waals surface area contributed by atoms with Gasteiger partial charge in [0.1, 0.15) is 6.33 Å². The van der Waals surface area contributed by atoms with Crippen molar-refractivity contribution in [1.82, 2.24) is 14.9 Å². The molecule has 0 saturated heterocycles. The summed E-state index contributed by atoms with van der Waals surface area (Å²) < 4.78 is 5.46. The van der Waals surface area contributed by atoms with E-state index >= 15 is 0 Å². The van der Waals surface area contributed by atoms with E-state index in [-0.39, 0.29) is 0 Å². The monoisotopic (exact) mass is 267 g/mol. The highest BCUT2D eigenvalue weighted by Gasteiger charge is 2.17. The lowest BCUT2D eigenvalue weighted by Crippen LogP contribution is -2.33. The topological polar surface area (TPSA) is 53.5 Å². The number of likely N-dealkylation sites (N-methyl/N-ethyl adjacent to an activating group) is 1. The van der Waals surface area contributed by atoms with Crippen molar-refractivity contribution < 1.29 is 4.74 Å².